The van der Waals surface area contributed by atoms with Gasteiger partial charge in [0.25, 0.3) is 0 Å². The molecule has 1 aromatic rings. The van der Waals surface area contributed by atoms with Crippen molar-refractivity contribution >= 4 is 17.4 Å². The Bertz CT molecular complexity index is 375. The topological polar surface area (TPSA) is 49.8 Å². The molecule has 2 heterocycles. The van der Waals surface area contributed by atoms with E-state index in [0.717, 1.165) is 24.5 Å². The number of rotatable bonds is 3. The summed E-state index contributed by atoms with van der Waals surface area (Å²) in [5, 5.41) is 15.4. The van der Waals surface area contributed by atoms with Crippen molar-refractivity contribution in [3.63, 3.8) is 0 Å². The van der Waals surface area contributed by atoms with Crippen LogP contribution in [0.25, 0.3) is 0 Å². The standard InChI is InChI=1S/C12H19ClN4/c1-8(2)10-6-11(16-17-12(10)13)15-9-4-3-5-14-7-9/h6,8-9,14H,3-5,7H2,1-2H3,(H,15,16)/t9-/m1/s1. The molecule has 0 saturated carbocycles. The molecule has 2 rings (SSSR count). The molecule has 4 nitrogen and oxygen atoms in total. The lowest BCUT2D eigenvalue weighted by atomic mass is 10.1. The van der Waals surface area contributed by atoms with Gasteiger partial charge in [-0.05, 0) is 36.9 Å². The molecule has 0 spiro atoms. The number of aromatic nitrogens is 2. The highest BCUT2D eigenvalue weighted by Gasteiger charge is 2.15. The molecule has 1 atom stereocenters. The maximum Gasteiger partial charge on any atom is 0.155 e. The largest absolute Gasteiger partial charge is 0.365 e. The van der Waals surface area contributed by atoms with Crippen molar-refractivity contribution in [3.8, 4) is 0 Å². The lowest BCUT2D eigenvalue weighted by Gasteiger charge is -2.24. The van der Waals surface area contributed by atoms with Crippen molar-refractivity contribution in [1.29, 1.82) is 0 Å². The van der Waals surface area contributed by atoms with Crippen LogP contribution in [0.2, 0.25) is 5.15 Å². The van der Waals surface area contributed by atoms with Crippen LogP contribution in [-0.4, -0.2) is 29.3 Å². The van der Waals surface area contributed by atoms with Crippen LogP contribution in [-0.2, 0) is 0 Å². The fraction of sp³-hybridized carbons (Fsp3) is 0.667. The Balaban J connectivity index is 2.07. The van der Waals surface area contributed by atoms with Crippen LogP contribution in [0.15, 0.2) is 6.07 Å². The predicted molar refractivity (Wildman–Crippen MR) is 70.6 cm³/mol. The monoisotopic (exact) mass is 254 g/mol. The third-order valence-corrected chi connectivity index (χ3v) is 3.34. The van der Waals surface area contributed by atoms with Crippen LogP contribution in [0, 0.1) is 0 Å². The summed E-state index contributed by atoms with van der Waals surface area (Å²) in [7, 11) is 0. The van der Waals surface area contributed by atoms with E-state index in [-0.39, 0.29) is 0 Å². The summed E-state index contributed by atoms with van der Waals surface area (Å²) < 4.78 is 0. The van der Waals surface area contributed by atoms with E-state index in [1.165, 1.54) is 12.8 Å². The molecular formula is C12H19ClN4. The van der Waals surface area contributed by atoms with Crippen molar-refractivity contribution < 1.29 is 0 Å². The summed E-state index contributed by atoms with van der Waals surface area (Å²) >= 11 is 6.02. The van der Waals surface area contributed by atoms with Gasteiger partial charge in [-0.3, -0.25) is 0 Å². The molecule has 0 amide bonds. The number of hydrogen-bond acceptors (Lipinski definition) is 4. The van der Waals surface area contributed by atoms with Gasteiger partial charge in [0, 0.05) is 12.6 Å². The zero-order valence-electron chi connectivity index (χ0n) is 10.3. The highest BCUT2D eigenvalue weighted by Crippen LogP contribution is 2.24. The third-order valence-electron chi connectivity index (χ3n) is 3.05. The third kappa shape index (κ3) is 3.30. The maximum atomic E-state index is 6.02. The summed E-state index contributed by atoms with van der Waals surface area (Å²) in [6.07, 6.45) is 2.38. The predicted octanol–water partition coefficient (Wildman–Crippen LogP) is 2.42. The number of nitrogens with zero attached hydrogens (tertiary/aromatic N) is 2. The lowest BCUT2D eigenvalue weighted by Crippen LogP contribution is -2.38. The van der Waals surface area contributed by atoms with E-state index in [0.29, 0.717) is 17.1 Å². The molecule has 1 fully saturated rings. The number of anilines is 1. The first-order valence-electron chi connectivity index (χ1n) is 6.17. The van der Waals surface area contributed by atoms with Gasteiger partial charge in [0.1, 0.15) is 5.82 Å². The second kappa shape index (κ2) is 5.65. The second-order valence-electron chi connectivity index (χ2n) is 4.82. The van der Waals surface area contributed by atoms with Gasteiger partial charge < -0.3 is 10.6 Å². The van der Waals surface area contributed by atoms with Gasteiger partial charge in [0.05, 0.1) is 0 Å². The molecule has 0 unspecified atom stereocenters. The molecule has 5 heteroatoms. The summed E-state index contributed by atoms with van der Waals surface area (Å²) in [5.74, 6) is 1.19. The van der Waals surface area contributed by atoms with Crippen molar-refractivity contribution in [1.82, 2.24) is 15.5 Å². The average Bonchev–Trinajstić information content (AvgIpc) is 2.32. The molecule has 1 aromatic heterocycles. The normalized spacial score (nSPS) is 20.6. The van der Waals surface area contributed by atoms with E-state index >= 15 is 0 Å². The first kappa shape index (κ1) is 12.6. The van der Waals surface area contributed by atoms with E-state index < -0.39 is 0 Å². The highest BCUT2D eigenvalue weighted by atomic mass is 35.5. The molecule has 1 aliphatic heterocycles. The Morgan fingerprint density at radius 1 is 1.47 bits per heavy atom. The minimum atomic E-state index is 0.364. The molecule has 1 saturated heterocycles. The van der Waals surface area contributed by atoms with E-state index in [1.807, 2.05) is 6.07 Å². The van der Waals surface area contributed by atoms with Crippen LogP contribution in [0.1, 0.15) is 38.2 Å². The minimum absolute atomic E-state index is 0.364. The van der Waals surface area contributed by atoms with Gasteiger partial charge >= 0.3 is 0 Å². The number of hydrogen-bond donors (Lipinski definition) is 2. The highest BCUT2D eigenvalue weighted by molar-refractivity contribution is 6.30. The SMILES string of the molecule is CC(C)c1cc(N[C@@H]2CCCNC2)nnc1Cl. The van der Waals surface area contributed by atoms with Gasteiger partial charge in [0.2, 0.25) is 0 Å². The number of halogens is 1. The van der Waals surface area contributed by atoms with Gasteiger partial charge in [-0.1, -0.05) is 25.4 Å². The van der Waals surface area contributed by atoms with Gasteiger partial charge in [-0.25, -0.2) is 0 Å². The Labute approximate surface area is 107 Å². The smallest absolute Gasteiger partial charge is 0.155 e. The van der Waals surface area contributed by atoms with E-state index in [4.69, 9.17) is 11.6 Å². The lowest BCUT2D eigenvalue weighted by molar-refractivity contribution is 0.478. The molecule has 0 radical (unpaired) electrons. The van der Waals surface area contributed by atoms with Gasteiger partial charge in [-0.15, -0.1) is 10.2 Å². The van der Waals surface area contributed by atoms with E-state index in [2.05, 4.69) is 34.7 Å². The Morgan fingerprint density at radius 2 is 2.29 bits per heavy atom. The Kier molecular flexibility index (Phi) is 4.18. The molecule has 94 valence electrons. The van der Waals surface area contributed by atoms with Crippen molar-refractivity contribution in [3.05, 3.63) is 16.8 Å². The molecule has 2 N–H and O–H groups in total. The van der Waals surface area contributed by atoms with Crippen molar-refractivity contribution in [2.45, 2.75) is 38.6 Å². The molecule has 1 aliphatic rings. The van der Waals surface area contributed by atoms with Gasteiger partial charge in [-0.2, -0.15) is 0 Å². The number of piperidine rings is 1. The van der Waals surface area contributed by atoms with Crippen LogP contribution < -0.4 is 10.6 Å². The first-order chi connectivity index (χ1) is 8.16. The molecule has 0 aliphatic carbocycles. The van der Waals surface area contributed by atoms with E-state index in [9.17, 15) is 0 Å². The quantitative estimate of drug-likeness (QED) is 0.870. The van der Waals surface area contributed by atoms with Crippen LogP contribution in [0.4, 0.5) is 5.82 Å². The zero-order valence-corrected chi connectivity index (χ0v) is 11.1. The van der Waals surface area contributed by atoms with Crippen LogP contribution >= 0.6 is 11.6 Å². The maximum absolute atomic E-state index is 6.02. The Morgan fingerprint density at radius 3 is 2.94 bits per heavy atom. The van der Waals surface area contributed by atoms with Crippen LogP contribution in [0.3, 0.4) is 0 Å². The summed E-state index contributed by atoms with van der Waals surface area (Å²) in [4.78, 5) is 0. The summed E-state index contributed by atoms with van der Waals surface area (Å²) in [6.45, 7) is 6.31. The molecular weight excluding hydrogens is 236 g/mol. The average molecular weight is 255 g/mol. The fourth-order valence-corrected chi connectivity index (χ4v) is 2.36. The van der Waals surface area contributed by atoms with E-state index in [1.54, 1.807) is 0 Å². The fourth-order valence-electron chi connectivity index (χ4n) is 2.05. The van der Waals surface area contributed by atoms with Gasteiger partial charge in [0.15, 0.2) is 5.15 Å². The summed E-state index contributed by atoms with van der Waals surface area (Å²) in [6, 6.07) is 2.45. The zero-order chi connectivity index (χ0) is 12.3. The molecule has 0 aromatic carbocycles. The summed E-state index contributed by atoms with van der Waals surface area (Å²) in [5.41, 5.74) is 1.05. The first-order valence-corrected chi connectivity index (χ1v) is 6.55. The van der Waals surface area contributed by atoms with Crippen molar-refractivity contribution in [2.24, 2.45) is 0 Å². The minimum Gasteiger partial charge on any atom is -0.365 e. The Hall–Kier alpha value is -0.870. The van der Waals surface area contributed by atoms with Crippen molar-refractivity contribution in [2.75, 3.05) is 18.4 Å². The molecule has 0 bridgehead atoms. The second-order valence-corrected chi connectivity index (χ2v) is 5.18. The number of nitrogens with one attached hydrogen (secondary N) is 2. The van der Waals surface area contributed by atoms with Crippen LogP contribution in [0.5, 0.6) is 0 Å². The molecule has 17 heavy (non-hydrogen) atoms.